The number of rotatable bonds is 1. The van der Waals surface area contributed by atoms with Gasteiger partial charge >= 0.3 is 0 Å². The lowest BCUT2D eigenvalue weighted by Crippen LogP contribution is -2.45. The van der Waals surface area contributed by atoms with Crippen molar-refractivity contribution in [3.05, 3.63) is 29.3 Å². The Morgan fingerprint density at radius 3 is 2.85 bits per heavy atom. The second-order valence-corrected chi connectivity index (χ2v) is 7.09. The molecule has 0 bridgehead atoms. The molecule has 4 rings (SSSR count). The Kier molecular flexibility index (Phi) is 2.67. The number of benzene rings is 1. The van der Waals surface area contributed by atoms with Gasteiger partial charge in [0.05, 0.1) is 0 Å². The monoisotopic (exact) mass is 272 g/mol. The number of aryl methyl sites for hydroxylation is 1. The SMILES string of the molecule is Cc1ccc2c(c1)[C@H](N)CC1(CC(C)N(C3CC3)C1)O2. The molecule has 20 heavy (non-hydrogen) atoms. The molecule has 1 spiro atoms. The lowest BCUT2D eigenvalue weighted by atomic mass is 9.85. The Bertz CT molecular complexity index is 540. The highest BCUT2D eigenvalue weighted by molar-refractivity contribution is 5.42. The van der Waals surface area contributed by atoms with E-state index in [1.165, 1.54) is 24.0 Å². The highest BCUT2D eigenvalue weighted by Crippen LogP contribution is 2.47. The molecule has 3 atom stereocenters. The summed E-state index contributed by atoms with van der Waals surface area (Å²) in [5.74, 6) is 1.01. The summed E-state index contributed by atoms with van der Waals surface area (Å²) in [5.41, 5.74) is 8.85. The van der Waals surface area contributed by atoms with E-state index in [-0.39, 0.29) is 11.6 Å². The van der Waals surface area contributed by atoms with Crippen molar-refractivity contribution in [3.8, 4) is 5.75 Å². The molecule has 2 N–H and O–H groups in total. The summed E-state index contributed by atoms with van der Waals surface area (Å²) in [6.07, 6.45) is 4.80. The summed E-state index contributed by atoms with van der Waals surface area (Å²) < 4.78 is 6.46. The number of hydrogen-bond donors (Lipinski definition) is 1. The van der Waals surface area contributed by atoms with Gasteiger partial charge in [-0.3, -0.25) is 4.90 Å². The van der Waals surface area contributed by atoms with Crippen LogP contribution in [0.2, 0.25) is 0 Å². The van der Waals surface area contributed by atoms with Crippen LogP contribution in [0.25, 0.3) is 0 Å². The number of hydrogen-bond acceptors (Lipinski definition) is 3. The lowest BCUT2D eigenvalue weighted by molar-refractivity contribution is 0.0433. The van der Waals surface area contributed by atoms with E-state index in [1.807, 2.05) is 0 Å². The van der Waals surface area contributed by atoms with Crippen molar-refractivity contribution in [2.45, 2.75) is 63.3 Å². The molecule has 0 aromatic heterocycles. The molecule has 2 heterocycles. The third-order valence-corrected chi connectivity index (χ3v) is 5.20. The van der Waals surface area contributed by atoms with Crippen molar-refractivity contribution >= 4 is 0 Å². The van der Waals surface area contributed by atoms with Gasteiger partial charge in [-0.1, -0.05) is 17.7 Å². The van der Waals surface area contributed by atoms with E-state index >= 15 is 0 Å². The van der Waals surface area contributed by atoms with E-state index in [9.17, 15) is 0 Å². The molecule has 3 nitrogen and oxygen atoms in total. The van der Waals surface area contributed by atoms with Gasteiger partial charge in [0, 0.05) is 43.1 Å². The second kappa shape index (κ2) is 4.22. The van der Waals surface area contributed by atoms with Gasteiger partial charge in [0.1, 0.15) is 11.4 Å². The number of ether oxygens (including phenoxy) is 1. The molecule has 2 aliphatic heterocycles. The summed E-state index contributed by atoms with van der Waals surface area (Å²) in [6, 6.07) is 7.97. The molecule has 3 heteroatoms. The number of likely N-dealkylation sites (tertiary alicyclic amines) is 1. The molecule has 3 aliphatic rings. The van der Waals surface area contributed by atoms with Gasteiger partial charge in [0.2, 0.25) is 0 Å². The van der Waals surface area contributed by atoms with Gasteiger partial charge in [-0.25, -0.2) is 0 Å². The Labute approximate surface area is 121 Å². The van der Waals surface area contributed by atoms with Crippen molar-refractivity contribution in [3.63, 3.8) is 0 Å². The number of nitrogens with zero attached hydrogens (tertiary/aromatic N) is 1. The second-order valence-electron chi connectivity index (χ2n) is 7.09. The van der Waals surface area contributed by atoms with Gasteiger partial charge in [-0.2, -0.15) is 0 Å². The molecule has 0 amide bonds. The van der Waals surface area contributed by atoms with Crippen LogP contribution >= 0.6 is 0 Å². The van der Waals surface area contributed by atoms with Crippen LogP contribution in [0.4, 0.5) is 0 Å². The predicted octanol–water partition coefficient (Wildman–Crippen LogP) is 2.77. The minimum atomic E-state index is -0.0519. The number of fused-ring (bicyclic) bond motifs is 1. The molecule has 1 aromatic carbocycles. The summed E-state index contributed by atoms with van der Waals surface area (Å²) in [7, 11) is 0. The maximum atomic E-state index is 6.46. The summed E-state index contributed by atoms with van der Waals surface area (Å²) >= 11 is 0. The van der Waals surface area contributed by atoms with E-state index in [4.69, 9.17) is 10.5 Å². The van der Waals surface area contributed by atoms with Gasteiger partial charge in [0.25, 0.3) is 0 Å². The van der Waals surface area contributed by atoms with E-state index in [0.29, 0.717) is 6.04 Å². The fourth-order valence-electron chi connectivity index (χ4n) is 4.16. The average Bonchev–Trinajstić information content (AvgIpc) is 3.17. The molecule has 1 saturated heterocycles. The molecule has 2 unspecified atom stereocenters. The van der Waals surface area contributed by atoms with E-state index in [0.717, 1.165) is 31.2 Å². The topological polar surface area (TPSA) is 38.5 Å². The van der Waals surface area contributed by atoms with E-state index < -0.39 is 0 Å². The smallest absolute Gasteiger partial charge is 0.125 e. The molecular weight excluding hydrogens is 248 g/mol. The van der Waals surface area contributed by atoms with Crippen molar-refractivity contribution in [1.82, 2.24) is 4.90 Å². The average molecular weight is 272 g/mol. The minimum Gasteiger partial charge on any atom is -0.485 e. The first-order chi connectivity index (χ1) is 9.56. The van der Waals surface area contributed by atoms with Gasteiger partial charge in [-0.15, -0.1) is 0 Å². The Hall–Kier alpha value is -1.06. The summed E-state index contributed by atoms with van der Waals surface area (Å²) in [6.45, 7) is 5.51. The van der Waals surface area contributed by atoms with Crippen LogP contribution < -0.4 is 10.5 Å². The van der Waals surface area contributed by atoms with Gasteiger partial charge in [-0.05, 0) is 32.8 Å². The normalized spacial score (nSPS) is 37.0. The van der Waals surface area contributed by atoms with Crippen LogP contribution in [-0.4, -0.2) is 29.1 Å². The first kappa shape index (κ1) is 12.7. The maximum Gasteiger partial charge on any atom is 0.125 e. The van der Waals surface area contributed by atoms with E-state index in [1.54, 1.807) is 0 Å². The number of nitrogens with two attached hydrogens (primary N) is 1. The third kappa shape index (κ3) is 1.95. The predicted molar refractivity (Wildman–Crippen MR) is 79.9 cm³/mol. The third-order valence-electron chi connectivity index (χ3n) is 5.20. The fourth-order valence-corrected chi connectivity index (χ4v) is 4.16. The molecule has 1 saturated carbocycles. The van der Waals surface area contributed by atoms with Crippen molar-refractivity contribution in [1.29, 1.82) is 0 Å². The Morgan fingerprint density at radius 1 is 1.30 bits per heavy atom. The van der Waals surface area contributed by atoms with Crippen LogP contribution in [0.15, 0.2) is 18.2 Å². The standard InChI is InChI=1S/C17H24N2O/c1-11-3-6-16-14(7-11)15(18)9-17(20-16)8-12(2)19(10-17)13-4-5-13/h3,6-7,12-13,15H,4-5,8-10,18H2,1-2H3/t12?,15-,17?/m1/s1. The molecule has 0 radical (unpaired) electrons. The van der Waals surface area contributed by atoms with Gasteiger partial charge in [0.15, 0.2) is 0 Å². The highest BCUT2D eigenvalue weighted by atomic mass is 16.5. The fraction of sp³-hybridized carbons (Fsp3) is 0.647. The first-order valence-electron chi connectivity index (χ1n) is 7.87. The van der Waals surface area contributed by atoms with Gasteiger partial charge < -0.3 is 10.5 Å². The van der Waals surface area contributed by atoms with Crippen LogP contribution in [0.3, 0.4) is 0 Å². The quantitative estimate of drug-likeness (QED) is 0.854. The maximum absolute atomic E-state index is 6.46. The molecular formula is C17H24N2O. The van der Waals surface area contributed by atoms with Crippen molar-refractivity contribution in [2.75, 3.05) is 6.54 Å². The summed E-state index contributed by atoms with van der Waals surface area (Å²) in [4.78, 5) is 2.64. The highest BCUT2D eigenvalue weighted by Gasteiger charge is 2.51. The van der Waals surface area contributed by atoms with Crippen LogP contribution in [0.1, 0.15) is 49.8 Å². The van der Waals surface area contributed by atoms with Crippen LogP contribution in [0, 0.1) is 6.92 Å². The molecule has 1 aliphatic carbocycles. The van der Waals surface area contributed by atoms with Crippen LogP contribution in [0.5, 0.6) is 5.75 Å². The zero-order valence-electron chi connectivity index (χ0n) is 12.4. The minimum absolute atomic E-state index is 0.0519. The molecule has 1 aromatic rings. The Balaban J connectivity index is 1.64. The van der Waals surface area contributed by atoms with E-state index in [2.05, 4.69) is 36.9 Å². The lowest BCUT2D eigenvalue weighted by Gasteiger charge is -2.39. The van der Waals surface area contributed by atoms with Crippen molar-refractivity contribution in [2.24, 2.45) is 5.73 Å². The Morgan fingerprint density at radius 2 is 2.10 bits per heavy atom. The first-order valence-corrected chi connectivity index (χ1v) is 7.87. The zero-order valence-corrected chi connectivity index (χ0v) is 12.4. The van der Waals surface area contributed by atoms with Crippen molar-refractivity contribution < 1.29 is 4.74 Å². The van der Waals surface area contributed by atoms with Crippen LogP contribution in [-0.2, 0) is 0 Å². The molecule has 2 fully saturated rings. The summed E-state index contributed by atoms with van der Waals surface area (Å²) in [5, 5.41) is 0. The zero-order chi connectivity index (χ0) is 13.9. The largest absolute Gasteiger partial charge is 0.485 e. The molecule has 108 valence electrons.